The van der Waals surface area contributed by atoms with Gasteiger partial charge in [0.15, 0.2) is 4.80 Å². The van der Waals surface area contributed by atoms with Gasteiger partial charge in [-0.1, -0.05) is 69.7 Å². The van der Waals surface area contributed by atoms with E-state index in [1.807, 2.05) is 73.7 Å². The molecule has 0 bridgehead atoms. The minimum absolute atomic E-state index is 0.208. The molecule has 1 aliphatic heterocycles. The van der Waals surface area contributed by atoms with Gasteiger partial charge in [0.05, 0.1) is 39.5 Å². The molecule has 0 unspecified atom stereocenters. The monoisotopic (exact) mass is 710 g/mol. The summed E-state index contributed by atoms with van der Waals surface area (Å²) in [5, 5.41) is 0. The predicted octanol–water partition coefficient (Wildman–Crippen LogP) is 6.30. The zero-order valence-corrected chi connectivity index (χ0v) is 27.2. The number of thiazole rings is 1. The molecular formula is C32H28Br2N2O5S. The van der Waals surface area contributed by atoms with Crippen molar-refractivity contribution in [2.75, 3.05) is 13.2 Å². The molecule has 0 radical (unpaired) electrons. The van der Waals surface area contributed by atoms with Gasteiger partial charge in [0.1, 0.15) is 18.1 Å². The molecule has 0 saturated carbocycles. The molecule has 3 aromatic carbocycles. The Hall–Kier alpha value is -3.47. The lowest BCUT2D eigenvalue weighted by Crippen LogP contribution is -2.39. The van der Waals surface area contributed by atoms with Gasteiger partial charge in [-0.15, -0.1) is 0 Å². The first-order valence-corrected chi connectivity index (χ1v) is 15.8. The van der Waals surface area contributed by atoms with E-state index in [0.717, 1.165) is 25.6 Å². The number of hydrogen-bond acceptors (Lipinski definition) is 7. The lowest BCUT2D eigenvalue weighted by Gasteiger charge is -2.24. The van der Waals surface area contributed by atoms with E-state index in [-0.39, 0.29) is 12.2 Å². The third-order valence-electron chi connectivity index (χ3n) is 6.57. The fraction of sp³-hybridized carbons (Fsp3) is 0.219. The highest BCUT2D eigenvalue weighted by Gasteiger charge is 2.33. The summed E-state index contributed by atoms with van der Waals surface area (Å²) in [4.78, 5) is 32.4. The van der Waals surface area contributed by atoms with Gasteiger partial charge in [-0.3, -0.25) is 9.36 Å². The lowest BCUT2D eigenvalue weighted by molar-refractivity contribution is -0.139. The molecule has 1 aromatic heterocycles. The normalized spacial score (nSPS) is 14.8. The molecule has 0 N–H and O–H groups in total. The highest BCUT2D eigenvalue weighted by molar-refractivity contribution is 9.11. The Bertz CT molecular complexity index is 1830. The summed E-state index contributed by atoms with van der Waals surface area (Å²) in [6.45, 7) is 6.54. The fourth-order valence-corrected chi connectivity index (χ4v) is 7.14. The van der Waals surface area contributed by atoms with Crippen molar-refractivity contribution in [2.24, 2.45) is 4.99 Å². The average molecular weight is 712 g/mol. The zero-order chi connectivity index (χ0) is 29.8. The van der Waals surface area contributed by atoms with Gasteiger partial charge in [-0.2, -0.15) is 0 Å². The number of hydrogen-bond donors (Lipinski definition) is 0. The lowest BCUT2D eigenvalue weighted by atomic mass is 9.96. The SMILES string of the molecule is CCOC(=O)C1=C(C)N=c2s/c(=C\c3cc(Br)cc(Br)c3OCc3ccccc3)c(=O)n2[C@H]1c1ccc(OCC)cc1. The van der Waals surface area contributed by atoms with Gasteiger partial charge >= 0.3 is 5.97 Å². The summed E-state index contributed by atoms with van der Waals surface area (Å²) in [5.41, 5.74) is 3.07. The van der Waals surface area contributed by atoms with Crippen LogP contribution in [0.4, 0.5) is 0 Å². The number of allylic oxidation sites excluding steroid dienone is 1. The largest absolute Gasteiger partial charge is 0.494 e. The number of rotatable bonds is 9. The van der Waals surface area contributed by atoms with Crippen molar-refractivity contribution in [3.05, 3.63) is 123 Å². The molecule has 0 amide bonds. The number of esters is 1. The molecule has 0 aliphatic carbocycles. The summed E-state index contributed by atoms with van der Waals surface area (Å²) in [6, 6.07) is 20.4. The van der Waals surface area contributed by atoms with Crippen LogP contribution >= 0.6 is 43.2 Å². The van der Waals surface area contributed by atoms with Crippen LogP contribution in [0.5, 0.6) is 11.5 Å². The van der Waals surface area contributed by atoms with Crippen molar-refractivity contribution in [1.82, 2.24) is 4.57 Å². The van der Waals surface area contributed by atoms with Gasteiger partial charge in [-0.25, -0.2) is 9.79 Å². The highest BCUT2D eigenvalue weighted by atomic mass is 79.9. The van der Waals surface area contributed by atoms with E-state index in [9.17, 15) is 9.59 Å². The zero-order valence-electron chi connectivity index (χ0n) is 23.2. The van der Waals surface area contributed by atoms with Crippen LogP contribution in [0.2, 0.25) is 0 Å². The van der Waals surface area contributed by atoms with E-state index in [1.165, 1.54) is 11.3 Å². The van der Waals surface area contributed by atoms with Gasteiger partial charge in [0.2, 0.25) is 0 Å². The number of carbonyl (C=O) groups excluding carboxylic acids is 1. The number of nitrogens with zero attached hydrogens (tertiary/aromatic N) is 2. The highest BCUT2D eigenvalue weighted by Crippen LogP contribution is 2.35. The molecule has 2 heterocycles. The number of aromatic nitrogens is 1. The van der Waals surface area contributed by atoms with E-state index < -0.39 is 12.0 Å². The third kappa shape index (κ3) is 6.30. The van der Waals surface area contributed by atoms with Crippen LogP contribution in [0.15, 0.2) is 96.7 Å². The molecule has 216 valence electrons. The number of fused-ring (bicyclic) bond motifs is 1. The van der Waals surface area contributed by atoms with Crippen LogP contribution < -0.4 is 24.4 Å². The molecule has 7 nitrogen and oxygen atoms in total. The maximum absolute atomic E-state index is 14.1. The number of carbonyl (C=O) groups is 1. The van der Waals surface area contributed by atoms with Gasteiger partial charge in [0, 0.05) is 10.0 Å². The molecule has 10 heteroatoms. The van der Waals surface area contributed by atoms with Gasteiger partial charge in [-0.05, 0) is 78.2 Å². The topological polar surface area (TPSA) is 79.1 Å². The van der Waals surface area contributed by atoms with Crippen LogP contribution in [0.1, 0.15) is 43.5 Å². The number of benzene rings is 3. The third-order valence-corrected chi connectivity index (χ3v) is 8.60. The Morgan fingerprint density at radius 2 is 1.76 bits per heavy atom. The van der Waals surface area contributed by atoms with Crippen molar-refractivity contribution in [3.8, 4) is 11.5 Å². The Labute approximate surface area is 264 Å². The molecule has 1 atom stereocenters. The molecule has 1 aliphatic rings. The molecule has 5 rings (SSSR count). The minimum Gasteiger partial charge on any atom is -0.494 e. The van der Waals surface area contributed by atoms with Crippen LogP contribution in [0, 0.1) is 0 Å². The van der Waals surface area contributed by atoms with Crippen molar-refractivity contribution in [1.29, 1.82) is 0 Å². The van der Waals surface area contributed by atoms with Crippen LogP contribution in [-0.2, 0) is 16.1 Å². The summed E-state index contributed by atoms with van der Waals surface area (Å²) >= 11 is 8.45. The molecule has 0 saturated heterocycles. The van der Waals surface area contributed by atoms with Gasteiger partial charge in [0.25, 0.3) is 5.56 Å². The first kappa shape index (κ1) is 30.0. The Morgan fingerprint density at radius 3 is 2.45 bits per heavy atom. The molecule has 0 fully saturated rings. The fourth-order valence-electron chi connectivity index (χ4n) is 4.73. The second-order valence-corrected chi connectivity index (χ2v) is 12.2. The molecule has 4 aromatic rings. The average Bonchev–Trinajstić information content (AvgIpc) is 3.27. The first-order chi connectivity index (χ1) is 20.3. The molecule has 42 heavy (non-hydrogen) atoms. The smallest absolute Gasteiger partial charge is 0.338 e. The molecular weight excluding hydrogens is 684 g/mol. The van der Waals surface area contributed by atoms with E-state index >= 15 is 0 Å². The Balaban J connectivity index is 1.64. The summed E-state index contributed by atoms with van der Waals surface area (Å²) < 4.78 is 20.8. The quantitative estimate of drug-likeness (QED) is 0.191. The predicted molar refractivity (Wildman–Crippen MR) is 171 cm³/mol. The minimum atomic E-state index is -0.707. The van der Waals surface area contributed by atoms with E-state index in [1.54, 1.807) is 24.5 Å². The van der Waals surface area contributed by atoms with E-state index in [4.69, 9.17) is 14.2 Å². The molecule has 0 spiro atoms. The number of ether oxygens (including phenoxy) is 3. The Kier molecular flexibility index (Phi) is 9.45. The summed E-state index contributed by atoms with van der Waals surface area (Å²) in [7, 11) is 0. The maximum atomic E-state index is 14.1. The maximum Gasteiger partial charge on any atom is 0.338 e. The van der Waals surface area contributed by atoms with Crippen LogP contribution in [0.3, 0.4) is 0 Å². The standard InChI is InChI=1S/C32H28Br2N2O5S/c1-4-39-24-13-11-21(12-14-24)28-27(31(38)40-5-2)19(3)35-32-36(28)30(37)26(42-32)16-22-15-23(33)17-25(34)29(22)41-18-20-9-7-6-8-10-20/h6-17,28H,4-5,18H2,1-3H3/b26-16-/t28-/m0/s1. The van der Waals surface area contributed by atoms with Crippen molar-refractivity contribution in [3.63, 3.8) is 0 Å². The summed E-state index contributed by atoms with van der Waals surface area (Å²) in [6.07, 6.45) is 1.80. The summed E-state index contributed by atoms with van der Waals surface area (Å²) in [5.74, 6) is 0.814. The van der Waals surface area contributed by atoms with Crippen molar-refractivity contribution < 1.29 is 19.0 Å². The first-order valence-electron chi connectivity index (χ1n) is 13.4. The number of halogens is 2. The Morgan fingerprint density at radius 1 is 1.02 bits per heavy atom. The second-order valence-electron chi connectivity index (χ2n) is 9.38. The van der Waals surface area contributed by atoms with Crippen molar-refractivity contribution >= 4 is 55.2 Å². The van der Waals surface area contributed by atoms with Crippen molar-refractivity contribution in [2.45, 2.75) is 33.4 Å². The second kappa shape index (κ2) is 13.2. The van der Waals surface area contributed by atoms with E-state index in [2.05, 4.69) is 36.9 Å². The van der Waals surface area contributed by atoms with E-state index in [0.29, 0.717) is 45.3 Å². The van der Waals surface area contributed by atoms with Gasteiger partial charge < -0.3 is 14.2 Å². The van der Waals surface area contributed by atoms with Crippen LogP contribution in [-0.4, -0.2) is 23.8 Å². The van der Waals surface area contributed by atoms with Crippen LogP contribution in [0.25, 0.3) is 6.08 Å².